The van der Waals surface area contributed by atoms with Gasteiger partial charge < -0.3 is 18.9 Å². The van der Waals surface area contributed by atoms with Gasteiger partial charge in [-0.25, -0.2) is 0 Å². The molecule has 0 bridgehead atoms. The van der Waals surface area contributed by atoms with Crippen LogP contribution in [-0.2, 0) is 41.7 Å². The molecule has 0 N–H and O–H groups in total. The second-order valence-electron chi connectivity index (χ2n) is 8.96. The van der Waals surface area contributed by atoms with Gasteiger partial charge in [-0.05, 0) is 62.0 Å². The third-order valence-corrected chi connectivity index (χ3v) is 5.96. The summed E-state index contributed by atoms with van der Waals surface area (Å²) in [5, 5.41) is 0. The van der Waals surface area contributed by atoms with E-state index in [1.54, 1.807) is 55.5 Å². The Hall–Kier alpha value is -3.76. The molecule has 2 aromatic rings. The highest BCUT2D eigenvalue weighted by molar-refractivity contribution is 6.01. The first-order valence-electron chi connectivity index (χ1n) is 18.2. The molecular weight excluding hydrogens is 540 g/mol. The summed E-state index contributed by atoms with van der Waals surface area (Å²) >= 11 is 0. The largest absolute Gasteiger partial charge is 0.497 e. The molecule has 2 aliphatic heterocycles. The number of ketones is 2. The summed E-state index contributed by atoms with van der Waals surface area (Å²) in [5.74, 6) is -7.14. The van der Waals surface area contributed by atoms with Crippen molar-refractivity contribution in [1.82, 2.24) is 9.80 Å². The molecular formula is C32H42N2O8. The SMILES string of the molecule is [2H]C1([2H])C(=O)C(C(=O)OCC)C([2H])([2H])C([2H])([2H])N1Cc1ccc(OC)cc1.[2H]C1([2H])C(C(=O)OCC)C(=O)CN(Cc2ccc(OC)cc2)C1([2H])[2H]. The van der Waals surface area contributed by atoms with Crippen molar-refractivity contribution in [2.75, 3.05) is 53.5 Å². The molecule has 2 unspecified atom stereocenters. The quantitative estimate of drug-likeness (QED) is 0.301. The third kappa shape index (κ3) is 9.66. The van der Waals surface area contributed by atoms with Crippen LogP contribution >= 0.6 is 0 Å². The summed E-state index contributed by atoms with van der Waals surface area (Å²) in [6.45, 7) is -6.25. The average molecular weight is 593 g/mol. The molecule has 10 nitrogen and oxygen atoms in total. The highest BCUT2D eigenvalue weighted by Gasteiger charge is 2.34. The molecule has 10 heteroatoms. The number of rotatable bonds is 10. The Morgan fingerprint density at radius 1 is 0.738 bits per heavy atom. The highest BCUT2D eigenvalue weighted by Crippen LogP contribution is 2.20. The van der Waals surface area contributed by atoms with Crippen LogP contribution in [0.2, 0.25) is 0 Å². The van der Waals surface area contributed by atoms with Crippen LogP contribution < -0.4 is 9.47 Å². The maximum Gasteiger partial charge on any atom is 0.316 e. The minimum Gasteiger partial charge on any atom is -0.497 e. The van der Waals surface area contributed by atoms with Crippen molar-refractivity contribution in [3.05, 3.63) is 59.7 Å². The number of nitrogens with zero attached hydrogens (tertiary/aromatic N) is 2. The fourth-order valence-electron chi connectivity index (χ4n) is 3.84. The first-order valence-corrected chi connectivity index (χ1v) is 13.2. The van der Waals surface area contributed by atoms with Crippen molar-refractivity contribution in [3.63, 3.8) is 0 Å². The van der Waals surface area contributed by atoms with Gasteiger partial charge in [0.2, 0.25) is 0 Å². The topological polar surface area (TPSA) is 112 Å². The van der Waals surface area contributed by atoms with Gasteiger partial charge in [0.25, 0.3) is 0 Å². The third-order valence-electron chi connectivity index (χ3n) is 5.96. The van der Waals surface area contributed by atoms with E-state index < -0.39 is 67.6 Å². The van der Waals surface area contributed by atoms with Crippen molar-refractivity contribution >= 4 is 23.5 Å². The summed E-state index contributed by atoms with van der Waals surface area (Å²) in [7, 11) is 3.00. The predicted molar refractivity (Wildman–Crippen MR) is 156 cm³/mol. The van der Waals surface area contributed by atoms with E-state index >= 15 is 0 Å². The number of hydrogen-bond donors (Lipinski definition) is 0. The Bertz CT molecular complexity index is 1610. The van der Waals surface area contributed by atoms with E-state index in [2.05, 4.69) is 4.74 Å². The number of methoxy groups -OCH3 is 2. The minimum atomic E-state index is -2.99. The lowest BCUT2D eigenvalue weighted by molar-refractivity contribution is -0.155. The molecule has 0 spiro atoms. The van der Waals surface area contributed by atoms with Crippen LogP contribution in [0.25, 0.3) is 0 Å². The fourth-order valence-corrected chi connectivity index (χ4v) is 3.84. The Kier molecular flexibility index (Phi) is 8.32. The molecule has 42 heavy (non-hydrogen) atoms. The Balaban J connectivity index is 0.000000281. The van der Waals surface area contributed by atoms with Gasteiger partial charge in [-0.3, -0.25) is 29.0 Å². The molecule has 2 heterocycles. The number of esters is 2. The summed E-state index contributed by atoms with van der Waals surface area (Å²) in [4.78, 5) is 50.6. The molecule has 0 saturated carbocycles. The zero-order valence-electron chi connectivity index (χ0n) is 34.0. The van der Waals surface area contributed by atoms with Gasteiger partial charge >= 0.3 is 11.9 Å². The maximum atomic E-state index is 12.6. The van der Waals surface area contributed by atoms with Crippen molar-refractivity contribution in [1.29, 1.82) is 0 Å². The van der Waals surface area contributed by atoms with Gasteiger partial charge in [0.15, 0.2) is 11.6 Å². The standard InChI is InChI=1S/2C16H21NO4/c2*1-3-21-16(19)14-8-9-17(11-15(14)18)10-12-4-6-13(20-2)7-5-12/h2*4-7,14H,3,8-11H2,1-2H3/i8D2,9D2,11D2;8D2,9D2. The molecule has 2 aromatic carbocycles. The number of likely N-dealkylation sites (tertiary alicyclic amines) is 2. The second-order valence-corrected chi connectivity index (χ2v) is 8.96. The molecule has 2 atom stereocenters. The van der Waals surface area contributed by atoms with Gasteiger partial charge in [-0.15, -0.1) is 0 Å². The molecule has 0 aromatic heterocycles. The van der Waals surface area contributed by atoms with Crippen LogP contribution in [0.5, 0.6) is 11.5 Å². The number of Topliss-reactive ketones (excluding diaryl/α,β-unsaturated/α-hetero) is 2. The molecule has 0 radical (unpaired) electrons. The summed E-state index contributed by atoms with van der Waals surface area (Å²) in [6.07, 6.45) is -5.70. The maximum absolute atomic E-state index is 12.6. The van der Waals surface area contributed by atoms with Gasteiger partial charge in [0.05, 0.1) is 43.2 Å². The van der Waals surface area contributed by atoms with E-state index in [9.17, 15) is 19.2 Å². The van der Waals surface area contributed by atoms with Crippen molar-refractivity contribution in [3.8, 4) is 11.5 Å². The summed E-state index contributed by atoms with van der Waals surface area (Å²) in [5.41, 5.74) is 1.14. The number of carbonyl (C=O) groups is 4. The number of benzene rings is 2. The van der Waals surface area contributed by atoms with E-state index in [0.717, 1.165) is 4.90 Å². The van der Waals surface area contributed by atoms with Crippen LogP contribution in [0.1, 0.15) is 51.4 Å². The second kappa shape index (κ2) is 16.6. The normalized spacial score (nSPS) is 28.9. The molecule has 2 saturated heterocycles. The highest BCUT2D eigenvalue weighted by atomic mass is 16.5. The smallest absolute Gasteiger partial charge is 0.316 e. The van der Waals surface area contributed by atoms with Gasteiger partial charge in [-0.2, -0.15) is 0 Å². The van der Waals surface area contributed by atoms with Crippen LogP contribution in [0, 0.1) is 11.8 Å². The van der Waals surface area contributed by atoms with Gasteiger partial charge in [0, 0.05) is 37.0 Å². The predicted octanol–water partition coefficient (Wildman–Crippen LogP) is 3.30. The van der Waals surface area contributed by atoms with Crippen LogP contribution in [-0.4, -0.2) is 86.8 Å². The average Bonchev–Trinajstić information content (AvgIpc) is 3.06. The Morgan fingerprint density at radius 2 is 1.17 bits per heavy atom. The first kappa shape index (κ1) is 21.0. The summed E-state index contributed by atoms with van der Waals surface area (Å²) < 4.78 is 101. The number of piperidine rings is 2. The van der Waals surface area contributed by atoms with E-state index in [-0.39, 0.29) is 32.8 Å². The van der Waals surface area contributed by atoms with Crippen LogP contribution in [0.4, 0.5) is 0 Å². The van der Waals surface area contributed by atoms with E-state index in [1.165, 1.54) is 21.1 Å². The lowest BCUT2D eigenvalue weighted by Crippen LogP contribution is -2.43. The lowest BCUT2D eigenvalue weighted by atomic mass is 9.95. The van der Waals surface area contributed by atoms with Crippen LogP contribution in [0.15, 0.2) is 48.5 Å². The first-order chi connectivity index (χ1) is 24.1. The van der Waals surface area contributed by atoms with E-state index in [4.69, 9.17) is 27.9 Å². The fraction of sp³-hybridized carbons (Fsp3) is 0.500. The minimum absolute atomic E-state index is 0.00272. The molecule has 228 valence electrons. The van der Waals surface area contributed by atoms with Crippen LogP contribution in [0.3, 0.4) is 0 Å². The number of hydrogen-bond acceptors (Lipinski definition) is 10. The zero-order valence-corrected chi connectivity index (χ0v) is 24.0. The Morgan fingerprint density at radius 3 is 1.62 bits per heavy atom. The monoisotopic (exact) mass is 592 g/mol. The van der Waals surface area contributed by atoms with Crippen molar-refractivity contribution in [2.45, 2.75) is 39.7 Å². The van der Waals surface area contributed by atoms with Crippen molar-refractivity contribution in [2.24, 2.45) is 11.8 Å². The molecule has 2 fully saturated rings. The zero-order chi connectivity index (χ0) is 39.4. The Labute approximate surface area is 261 Å². The van der Waals surface area contributed by atoms with Gasteiger partial charge in [-0.1, -0.05) is 24.3 Å². The van der Waals surface area contributed by atoms with Gasteiger partial charge in [0.1, 0.15) is 23.3 Å². The summed E-state index contributed by atoms with van der Waals surface area (Å²) in [6, 6.07) is 13.1. The number of ether oxygens (including phenoxy) is 4. The van der Waals surface area contributed by atoms with Crippen molar-refractivity contribution < 1.29 is 51.8 Å². The van der Waals surface area contributed by atoms with E-state index in [0.29, 0.717) is 27.5 Å². The van der Waals surface area contributed by atoms with E-state index in [1.807, 2.05) is 0 Å². The molecule has 0 amide bonds. The molecule has 2 aliphatic rings. The molecule has 4 rings (SSSR count). The lowest BCUT2D eigenvalue weighted by Gasteiger charge is -2.29. The molecule has 0 aliphatic carbocycles. The number of carbonyl (C=O) groups excluding carboxylic acids is 4.